The molecule has 0 atom stereocenters. The summed E-state index contributed by atoms with van der Waals surface area (Å²) in [5.74, 6) is -5.10. The molecule has 0 saturated heterocycles. The van der Waals surface area contributed by atoms with Crippen molar-refractivity contribution in [2.75, 3.05) is 0 Å². The maximum atomic E-state index is 13.7. The number of carbonyl (C=O) groups is 1. The average Bonchev–Trinajstić information content (AvgIpc) is 2.45. The second-order valence-corrected chi connectivity index (χ2v) is 4.65. The van der Waals surface area contributed by atoms with E-state index in [-0.39, 0.29) is 11.5 Å². The zero-order chi connectivity index (χ0) is 18.1. The van der Waals surface area contributed by atoms with Gasteiger partial charge in [0.15, 0.2) is 0 Å². The number of hydrogen-bond acceptors (Lipinski definition) is 3. The van der Waals surface area contributed by atoms with Crippen LogP contribution in [0.5, 0.6) is 5.75 Å². The van der Waals surface area contributed by atoms with E-state index < -0.39 is 47.8 Å². The van der Waals surface area contributed by atoms with Crippen molar-refractivity contribution in [3.8, 4) is 5.75 Å². The molecule has 0 aromatic heterocycles. The topological polar surface area (TPSA) is 66.8 Å². The number of hydrogen-bond donors (Lipinski definition) is 2. The third-order valence-corrected chi connectivity index (χ3v) is 2.99. The fraction of sp³-hybridized carbons (Fsp3) is 0.0714. The monoisotopic (exact) mass is 346 g/mol. The lowest BCUT2D eigenvalue weighted by Crippen LogP contribution is -2.36. The Labute approximate surface area is 132 Å². The summed E-state index contributed by atoms with van der Waals surface area (Å²) in [4.78, 5) is 10.8. The van der Waals surface area contributed by atoms with Gasteiger partial charge in [-0.05, 0) is 23.7 Å². The van der Waals surface area contributed by atoms with E-state index in [0.29, 0.717) is 6.07 Å². The lowest BCUT2D eigenvalue weighted by Gasteiger charge is -2.15. The lowest BCUT2D eigenvalue weighted by molar-refractivity contribution is -0.138. The minimum Gasteiger partial charge on any atom is -0.532 e. The Morgan fingerprint density at radius 3 is 2.17 bits per heavy atom. The zero-order valence-corrected chi connectivity index (χ0v) is 11.6. The molecule has 4 nitrogen and oxygen atoms in total. The lowest BCUT2D eigenvalue weighted by atomic mass is 9.79. The predicted molar refractivity (Wildman–Crippen MR) is 73.0 cm³/mol. The van der Waals surface area contributed by atoms with Crippen LogP contribution in [0.15, 0.2) is 36.4 Å². The molecule has 2 aromatic rings. The van der Waals surface area contributed by atoms with Gasteiger partial charge >= 0.3 is 19.3 Å². The molecule has 2 rings (SSSR count). The summed E-state index contributed by atoms with van der Waals surface area (Å²) >= 11 is 0. The highest BCUT2D eigenvalue weighted by molar-refractivity contribution is 6.60. The molecule has 0 aliphatic rings. The van der Waals surface area contributed by atoms with Crippen molar-refractivity contribution in [3.63, 3.8) is 0 Å². The SMILES string of the molecule is O=C(O)c1c(F)cc(OB(O)c2ccc(F)cc2)cc1C(F)(F)F. The van der Waals surface area contributed by atoms with Crippen LogP contribution in [0.3, 0.4) is 0 Å². The van der Waals surface area contributed by atoms with Crippen molar-refractivity contribution in [2.24, 2.45) is 0 Å². The van der Waals surface area contributed by atoms with Crippen molar-refractivity contribution in [2.45, 2.75) is 6.18 Å². The first kappa shape index (κ1) is 17.7. The molecule has 10 heteroatoms. The number of rotatable bonds is 4. The second-order valence-electron chi connectivity index (χ2n) is 4.65. The molecule has 0 amide bonds. The van der Waals surface area contributed by atoms with Crippen LogP contribution in [0.1, 0.15) is 15.9 Å². The summed E-state index contributed by atoms with van der Waals surface area (Å²) in [6, 6.07) is 4.87. The Hall–Kier alpha value is -2.62. The van der Waals surface area contributed by atoms with E-state index in [4.69, 9.17) is 9.76 Å². The van der Waals surface area contributed by atoms with Crippen LogP contribution in [0, 0.1) is 11.6 Å². The van der Waals surface area contributed by atoms with Gasteiger partial charge in [0.25, 0.3) is 0 Å². The highest BCUT2D eigenvalue weighted by atomic mass is 19.4. The van der Waals surface area contributed by atoms with Gasteiger partial charge in [-0.2, -0.15) is 13.2 Å². The molecule has 0 aliphatic carbocycles. The van der Waals surface area contributed by atoms with E-state index in [9.17, 15) is 31.8 Å². The van der Waals surface area contributed by atoms with E-state index in [1.807, 2.05) is 0 Å². The van der Waals surface area contributed by atoms with Crippen LogP contribution in [-0.2, 0) is 6.18 Å². The van der Waals surface area contributed by atoms with Crippen molar-refractivity contribution >= 4 is 18.6 Å². The summed E-state index contributed by atoms with van der Waals surface area (Å²) in [6.07, 6.45) is -5.14. The van der Waals surface area contributed by atoms with Gasteiger partial charge in [0.1, 0.15) is 22.9 Å². The molecule has 126 valence electrons. The van der Waals surface area contributed by atoms with Gasteiger partial charge in [0, 0.05) is 6.07 Å². The molecule has 0 fully saturated rings. The Morgan fingerprint density at radius 2 is 1.67 bits per heavy atom. The fourth-order valence-corrected chi connectivity index (χ4v) is 1.92. The molecule has 0 saturated carbocycles. The van der Waals surface area contributed by atoms with Crippen molar-refractivity contribution in [3.05, 3.63) is 59.2 Å². The van der Waals surface area contributed by atoms with E-state index in [1.165, 1.54) is 0 Å². The number of carboxylic acid groups (broad SMARTS) is 1. The Morgan fingerprint density at radius 1 is 1.08 bits per heavy atom. The first-order valence-corrected chi connectivity index (χ1v) is 6.34. The van der Waals surface area contributed by atoms with Gasteiger partial charge in [-0.1, -0.05) is 12.1 Å². The fourth-order valence-electron chi connectivity index (χ4n) is 1.92. The molecule has 0 heterocycles. The molecule has 0 aliphatic heterocycles. The number of alkyl halides is 3. The normalized spacial score (nSPS) is 11.2. The van der Waals surface area contributed by atoms with Crippen LogP contribution in [-0.4, -0.2) is 23.2 Å². The van der Waals surface area contributed by atoms with Gasteiger partial charge in [-0.25, -0.2) is 13.6 Å². The third-order valence-electron chi connectivity index (χ3n) is 2.99. The van der Waals surface area contributed by atoms with Crippen LogP contribution in [0.2, 0.25) is 0 Å². The van der Waals surface area contributed by atoms with Crippen molar-refractivity contribution in [1.29, 1.82) is 0 Å². The number of carboxylic acids is 1. The minimum absolute atomic E-state index is 0.00711. The molecule has 0 unspecified atom stereocenters. The van der Waals surface area contributed by atoms with Crippen LogP contribution in [0.25, 0.3) is 0 Å². The quantitative estimate of drug-likeness (QED) is 0.659. The number of aromatic carboxylic acids is 1. The van der Waals surface area contributed by atoms with E-state index in [1.54, 1.807) is 0 Å². The molecule has 2 aromatic carbocycles. The Balaban J connectivity index is 2.39. The molecular weight excluding hydrogens is 338 g/mol. The third kappa shape index (κ3) is 3.83. The number of halogens is 5. The van der Waals surface area contributed by atoms with Crippen molar-refractivity contribution < 1.29 is 41.5 Å². The zero-order valence-electron chi connectivity index (χ0n) is 11.6. The minimum atomic E-state index is -5.14. The molecule has 0 spiro atoms. The maximum absolute atomic E-state index is 13.7. The van der Waals surface area contributed by atoms with Gasteiger partial charge in [0.05, 0.1) is 5.56 Å². The molecule has 2 N–H and O–H groups in total. The molecule has 24 heavy (non-hydrogen) atoms. The summed E-state index contributed by atoms with van der Waals surface area (Å²) in [6.45, 7) is 0. The van der Waals surface area contributed by atoms with E-state index >= 15 is 0 Å². The Bertz CT molecular complexity index is 761. The molecular formula is C14H8BF5O4. The summed E-state index contributed by atoms with van der Waals surface area (Å²) in [5, 5.41) is 18.5. The van der Waals surface area contributed by atoms with Gasteiger partial charge < -0.3 is 14.8 Å². The molecule has 0 bridgehead atoms. The largest absolute Gasteiger partial charge is 0.560 e. The summed E-state index contributed by atoms with van der Waals surface area (Å²) < 4.78 is 69.9. The number of benzene rings is 2. The molecule has 0 radical (unpaired) electrons. The van der Waals surface area contributed by atoms with E-state index in [0.717, 1.165) is 24.3 Å². The summed E-state index contributed by atoms with van der Waals surface area (Å²) in [5.41, 5.74) is -3.30. The predicted octanol–water partition coefficient (Wildman–Crippen LogP) is 2.45. The van der Waals surface area contributed by atoms with Gasteiger partial charge in [-0.15, -0.1) is 0 Å². The van der Waals surface area contributed by atoms with Gasteiger partial charge in [-0.3, -0.25) is 0 Å². The van der Waals surface area contributed by atoms with Crippen molar-refractivity contribution in [1.82, 2.24) is 0 Å². The van der Waals surface area contributed by atoms with Crippen LogP contribution >= 0.6 is 0 Å². The maximum Gasteiger partial charge on any atom is 0.560 e. The second kappa shape index (κ2) is 6.48. The van der Waals surface area contributed by atoms with Crippen LogP contribution < -0.4 is 10.1 Å². The summed E-state index contributed by atoms with van der Waals surface area (Å²) in [7, 11) is -1.80. The first-order valence-electron chi connectivity index (χ1n) is 6.34. The first-order chi connectivity index (χ1) is 11.1. The standard InChI is InChI=1S/C14H8BF5O4/c16-8-3-1-7(2-4-8)15(23)24-9-5-10(14(18,19)20)12(13(21)22)11(17)6-9/h1-6,23H,(H,21,22). The highest BCUT2D eigenvalue weighted by Crippen LogP contribution is 2.36. The van der Waals surface area contributed by atoms with Gasteiger partial charge in [0.2, 0.25) is 0 Å². The average molecular weight is 346 g/mol. The highest BCUT2D eigenvalue weighted by Gasteiger charge is 2.38. The van der Waals surface area contributed by atoms with Crippen LogP contribution in [0.4, 0.5) is 22.0 Å². The van der Waals surface area contributed by atoms with E-state index in [2.05, 4.69) is 0 Å². The Kier molecular flexibility index (Phi) is 4.79. The smallest absolute Gasteiger partial charge is 0.532 e.